The topological polar surface area (TPSA) is 0 Å². The van der Waals surface area contributed by atoms with E-state index in [1.54, 1.807) is 11.3 Å². The largest absolute Gasteiger partial charge is 0.143 e. The Balaban J connectivity index is 2.97. The molecule has 0 bridgehead atoms. The van der Waals surface area contributed by atoms with E-state index in [0.717, 1.165) is 4.90 Å². The fraction of sp³-hybridized carbons (Fsp3) is 0.111. The standard InChI is InChI=1S/C9H7IS2/c1-5-8(11)4-7(10)6-2-3-12-9(5)6/h2-4,11H,1H3. The molecule has 1 heterocycles. The number of fused-ring (bicyclic) bond motifs is 1. The minimum Gasteiger partial charge on any atom is -0.143 e. The number of thiol groups is 1. The van der Waals surface area contributed by atoms with E-state index in [2.05, 4.69) is 59.7 Å². The van der Waals surface area contributed by atoms with Gasteiger partial charge < -0.3 is 0 Å². The molecule has 0 unspecified atom stereocenters. The Bertz CT molecular complexity index is 431. The van der Waals surface area contributed by atoms with Gasteiger partial charge in [-0.25, -0.2) is 0 Å². The number of benzene rings is 1. The minimum absolute atomic E-state index is 1.09. The highest BCUT2D eigenvalue weighted by Gasteiger charge is 2.05. The fourth-order valence-electron chi connectivity index (χ4n) is 1.21. The summed E-state index contributed by atoms with van der Waals surface area (Å²) in [6, 6.07) is 4.29. The van der Waals surface area contributed by atoms with Gasteiger partial charge in [-0.15, -0.1) is 24.0 Å². The lowest BCUT2D eigenvalue weighted by Gasteiger charge is -2.02. The van der Waals surface area contributed by atoms with Crippen molar-refractivity contribution in [2.75, 3.05) is 0 Å². The minimum atomic E-state index is 1.09. The van der Waals surface area contributed by atoms with E-state index in [0.29, 0.717) is 0 Å². The van der Waals surface area contributed by atoms with E-state index in [9.17, 15) is 0 Å². The van der Waals surface area contributed by atoms with Crippen molar-refractivity contribution in [1.82, 2.24) is 0 Å². The first kappa shape index (κ1) is 8.84. The van der Waals surface area contributed by atoms with Crippen LogP contribution in [-0.4, -0.2) is 0 Å². The number of halogens is 1. The third kappa shape index (κ3) is 1.28. The molecule has 1 aromatic carbocycles. The molecule has 0 saturated carbocycles. The first-order valence-corrected chi connectivity index (χ1v) is 5.96. The van der Waals surface area contributed by atoms with Gasteiger partial charge in [0.2, 0.25) is 0 Å². The molecule has 0 atom stereocenters. The molecule has 0 amide bonds. The average molecular weight is 306 g/mol. The SMILES string of the molecule is Cc1c(S)cc(I)c2ccsc12. The molecule has 0 N–H and O–H groups in total. The Kier molecular flexibility index (Phi) is 2.35. The van der Waals surface area contributed by atoms with Gasteiger partial charge in [0.1, 0.15) is 0 Å². The fourth-order valence-corrected chi connectivity index (χ4v) is 3.65. The van der Waals surface area contributed by atoms with Crippen LogP contribution in [0.2, 0.25) is 0 Å². The van der Waals surface area contributed by atoms with Crippen LogP contribution in [-0.2, 0) is 0 Å². The molecule has 2 rings (SSSR count). The summed E-state index contributed by atoms with van der Waals surface area (Å²) in [6.07, 6.45) is 0. The van der Waals surface area contributed by atoms with Gasteiger partial charge in [0.05, 0.1) is 0 Å². The first-order valence-electron chi connectivity index (χ1n) is 3.55. The van der Waals surface area contributed by atoms with Crippen LogP contribution >= 0.6 is 46.6 Å². The zero-order valence-electron chi connectivity index (χ0n) is 6.47. The van der Waals surface area contributed by atoms with Gasteiger partial charge in [0, 0.05) is 18.6 Å². The van der Waals surface area contributed by atoms with E-state index in [-0.39, 0.29) is 0 Å². The molecule has 0 saturated heterocycles. The molecule has 3 heteroatoms. The zero-order chi connectivity index (χ0) is 8.72. The maximum absolute atomic E-state index is 4.42. The molecule has 0 aliphatic rings. The number of aryl methyl sites for hydroxylation is 1. The van der Waals surface area contributed by atoms with Crippen LogP contribution in [0.25, 0.3) is 10.1 Å². The summed E-state index contributed by atoms with van der Waals surface area (Å²) in [5.74, 6) is 0. The average Bonchev–Trinajstić information content (AvgIpc) is 2.48. The van der Waals surface area contributed by atoms with Crippen molar-refractivity contribution in [3.8, 4) is 0 Å². The van der Waals surface area contributed by atoms with Crippen LogP contribution in [0, 0.1) is 10.5 Å². The Morgan fingerprint density at radius 2 is 2.25 bits per heavy atom. The summed E-state index contributed by atoms with van der Waals surface area (Å²) in [4.78, 5) is 1.09. The number of rotatable bonds is 0. The summed E-state index contributed by atoms with van der Waals surface area (Å²) in [7, 11) is 0. The van der Waals surface area contributed by atoms with Crippen molar-refractivity contribution in [3.05, 3.63) is 26.6 Å². The van der Waals surface area contributed by atoms with Crippen LogP contribution in [0.1, 0.15) is 5.56 Å². The van der Waals surface area contributed by atoms with E-state index in [1.165, 1.54) is 19.2 Å². The smallest absolute Gasteiger partial charge is 0.0393 e. The third-order valence-electron chi connectivity index (χ3n) is 1.91. The predicted molar refractivity (Wildman–Crippen MR) is 66.5 cm³/mol. The van der Waals surface area contributed by atoms with Crippen LogP contribution in [0.4, 0.5) is 0 Å². The molecule has 0 spiro atoms. The molecular formula is C9H7IS2. The summed E-state index contributed by atoms with van der Waals surface area (Å²) >= 11 is 8.56. The Morgan fingerprint density at radius 3 is 3.00 bits per heavy atom. The highest BCUT2D eigenvalue weighted by atomic mass is 127. The molecule has 62 valence electrons. The van der Waals surface area contributed by atoms with Crippen LogP contribution in [0.3, 0.4) is 0 Å². The van der Waals surface area contributed by atoms with Gasteiger partial charge in [-0.2, -0.15) is 0 Å². The molecular weight excluding hydrogens is 299 g/mol. The van der Waals surface area contributed by atoms with Gasteiger partial charge in [-0.05, 0) is 52.6 Å². The second-order valence-corrected chi connectivity index (χ2v) is 5.23. The van der Waals surface area contributed by atoms with Gasteiger partial charge in [0.25, 0.3) is 0 Å². The van der Waals surface area contributed by atoms with Gasteiger partial charge in [-0.1, -0.05) is 0 Å². The van der Waals surface area contributed by atoms with E-state index < -0.39 is 0 Å². The molecule has 0 aliphatic carbocycles. The second kappa shape index (κ2) is 3.20. The van der Waals surface area contributed by atoms with Crippen LogP contribution < -0.4 is 0 Å². The second-order valence-electron chi connectivity index (χ2n) is 2.67. The number of hydrogen-bond acceptors (Lipinski definition) is 2. The molecule has 0 nitrogen and oxygen atoms in total. The number of thiophene rings is 1. The van der Waals surface area contributed by atoms with E-state index in [1.807, 2.05) is 0 Å². The van der Waals surface area contributed by atoms with Crippen molar-refractivity contribution in [1.29, 1.82) is 0 Å². The van der Waals surface area contributed by atoms with Gasteiger partial charge in [0.15, 0.2) is 0 Å². The van der Waals surface area contributed by atoms with Crippen molar-refractivity contribution in [2.45, 2.75) is 11.8 Å². The lowest BCUT2D eigenvalue weighted by atomic mass is 10.2. The molecule has 0 aliphatic heterocycles. The summed E-state index contributed by atoms with van der Waals surface area (Å²) in [5, 5.41) is 3.49. The molecule has 1 aromatic heterocycles. The summed E-state index contributed by atoms with van der Waals surface area (Å²) < 4.78 is 2.66. The van der Waals surface area contributed by atoms with Crippen molar-refractivity contribution in [3.63, 3.8) is 0 Å². The maximum Gasteiger partial charge on any atom is 0.0393 e. The molecule has 0 radical (unpaired) electrons. The Labute approximate surface area is 94.5 Å². The first-order chi connectivity index (χ1) is 5.70. The normalized spacial score (nSPS) is 10.9. The summed E-state index contributed by atoms with van der Waals surface area (Å²) in [6.45, 7) is 2.12. The van der Waals surface area contributed by atoms with Crippen molar-refractivity contribution in [2.24, 2.45) is 0 Å². The monoisotopic (exact) mass is 306 g/mol. The number of hydrogen-bond donors (Lipinski definition) is 1. The van der Waals surface area contributed by atoms with Gasteiger partial charge >= 0.3 is 0 Å². The maximum atomic E-state index is 4.42. The highest BCUT2D eigenvalue weighted by molar-refractivity contribution is 14.1. The molecule has 12 heavy (non-hydrogen) atoms. The Morgan fingerprint density at radius 1 is 1.50 bits per heavy atom. The van der Waals surface area contributed by atoms with E-state index >= 15 is 0 Å². The van der Waals surface area contributed by atoms with Crippen LogP contribution in [0.15, 0.2) is 22.4 Å². The van der Waals surface area contributed by atoms with E-state index in [4.69, 9.17) is 0 Å². The zero-order valence-corrected chi connectivity index (χ0v) is 10.3. The van der Waals surface area contributed by atoms with Crippen molar-refractivity contribution < 1.29 is 0 Å². The summed E-state index contributed by atoms with van der Waals surface area (Å²) in [5.41, 5.74) is 1.30. The van der Waals surface area contributed by atoms with Crippen LogP contribution in [0.5, 0.6) is 0 Å². The molecule has 2 aromatic rings. The lowest BCUT2D eigenvalue weighted by Crippen LogP contribution is -1.79. The lowest BCUT2D eigenvalue weighted by molar-refractivity contribution is 1.36. The predicted octanol–water partition coefficient (Wildman–Crippen LogP) is 4.10. The quantitative estimate of drug-likeness (QED) is 0.550. The highest BCUT2D eigenvalue weighted by Crippen LogP contribution is 2.32. The Hall–Kier alpha value is 0.260. The third-order valence-corrected chi connectivity index (χ3v) is 4.30. The van der Waals surface area contributed by atoms with Crippen molar-refractivity contribution >= 4 is 56.6 Å². The van der Waals surface area contributed by atoms with Gasteiger partial charge in [-0.3, -0.25) is 0 Å². The molecule has 0 fully saturated rings.